The third-order valence-corrected chi connectivity index (χ3v) is 4.99. The minimum Gasteiger partial charge on any atom is -0.399 e. The lowest BCUT2D eigenvalue weighted by Crippen LogP contribution is -2.13. The molecule has 20 heavy (non-hydrogen) atoms. The summed E-state index contributed by atoms with van der Waals surface area (Å²) in [5.74, 6) is 0. The van der Waals surface area contributed by atoms with Gasteiger partial charge in [0, 0.05) is 22.4 Å². The molecule has 3 N–H and O–H groups in total. The fourth-order valence-corrected chi connectivity index (χ4v) is 3.74. The summed E-state index contributed by atoms with van der Waals surface area (Å²) < 4.78 is 29.2. The molecule has 0 saturated heterocycles. The van der Waals surface area contributed by atoms with Crippen LogP contribution in [0.3, 0.4) is 0 Å². The molecule has 1 aromatic carbocycles. The molecule has 108 valence electrons. The number of benzene rings is 1. The number of hydrogen-bond donors (Lipinski definition) is 2. The van der Waals surface area contributed by atoms with Crippen LogP contribution >= 0.6 is 15.9 Å². The van der Waals surface area contributed by atoms with Crippen LogP contribution in [0.5, 0.6) is 0 Å². The molecule has 8 heteroatoms. The Morgan fingerprint density at radius 3 is 2.65 bits per heavy atom. The Labute approximate surface area is 126 Å². The highest BCUT2D eigenvalue weighted by Gasteiger charge is 2.18. The second kappa shape index (κ2) is 5.45. The number of sulfonamides is 1. The van der Waals surface area contributed by atoms with Gasteiger partial charge in [-0.2, -0.15) is 5.10 Å². The summed E-state index contributed by atoms with van der Waals surface area (Å²) in [6.45, 7) is 3.92. The van der Waals surface area contributed by atoms with Crippen LogP contribution < -0.4 is 10.5 Å². The van der Waals surface area contributed by atoms with Crippen LogP contribution in [0.2, 0.25) is 0 Å². The van der Waals surface area contributed by atoms with E-state index in [2.05, 4.69) is 25.8 Å². The van der Waals surface area contributed by atoms with Gasteiger partial charge in [0.2, 0.25) is 0 Å². The Hall–Kier alpha value is -1.54. The molecule has 2 rings (SSSR count). The lowest BCUT2D eigenvalue weighted by molar-refractivity contribution is 0.532. The Morgan fingerprint density at radius 2 is 2.10 bits per heavy atom. The van der Waals surface area contributed by atoms with E-state index in [1.807, 2.05) is 13.8 Å². The van der Waals surface area contributed by atoms with E-state index in [9.17, 15) is 8.42 Å². The van der Waals surface area contributed by atoms with E-state index >= 15 is 0 Å². The number of anilines is 2. The summed E-state index contributed by atoms with van der Waals surface area (Å²) in [5, 5.41) is 4.09. The van der Waals surface area contributed by atoms with Gasteiger partial charge in [0.05, 0.1) is 11.9 Å². The molecule has 0 spiro atoms. The summed E-state index contributed by atoms with van der Waals surface area (Å²) in [6, 6.07) is 4.70. The molecule has 2 aromatic rings. The molecule has 0 aliphatic heterocycles. The van der Waals surface area contributed by atoms with Gasteiger partial charge in [-0.3, -0.25) is 9.40 Å². The van der Waals surface area contributed by atoms with E-state index in [-0.39, 0.29) is 10.9 Å². The van der Waals surface area contributed by atoms with Gasteiger partial charge in [-0.05, 0) is 48.0 Å². The molecule has 0 saturated carbocycles. The molecule has 0 bridgehead atoms. The van der Waals surface area contributed by atoms with E-state index in [0.29, 0.717) is 15.8 Å². The highest BCUT2D eigenvalue weighted by Crippen LogP contribution is 2.26. The molecule has 0 amide bonds. The number of halogens is 1. The molecule has 0 fully saturated rings. The molecule has 0 unspecified atom stereocenters. The Bertz CT molecular complexity index is 725. The second-order valence-electron chi connectivity index (χ2n) is 4.60. The van der Waals surface area contributed by atoms with E-state index in [0.717, 1.165) is 0 Å². The van der Waals surface area contributed by atoms with Gasteiger partial charge in [0.1, 0.15) is 4.90 Å². The van der Waals surface area contributed by atoms with Crippen molar-refractivity contribution >= 4 is 37.3 Å². The first-order valence-electron chi connectivity index (χ1n) is 5.91. The van der Waals surface area contributed by atoms with Crippen LogP contribution in [0.25, 0.3) is 0 Å². The topological polar surface area (TPSA) is 90.0 Å². The monoisotopic (exact) mass is 358 g/mol. The maximum absolute atomic E-state index is 12.3. The predicted molar refractivity (Wildman–Crippen MR) is 82.0 cm³/mol. The molecule has 0 aliphatic carbocycles. The van der Waals surface area contributed by atoms with Crippen LogP contribution in [-0.4, -0.2) is 18.2 Å². The van der Waals surface area contributed by atoms with Gasteiger partial charge in [0.25, 0.3) is 10.0 Å². The third kappa shape index (κ3) is 3.13. The molecule has 1 aromatic heterocycles. The van der Waals surface area contributed by atoms with Gasteiger partial charge >= 0.3 is 0 Å². The summed E-state index contributed by atoms with van der Waals surface area (Å²) >= 11 is 3.20. The van der Waals surface area contributed by atoms with E-state index in [4.69, 9.17) is 5.73 Å². The molecule has 6 nitrogen and oxygen atoms in total. The summed E-state index contributed by atoms with van der Waals surface area (Å²) in [7, 11) is -3.68. The van der Waals surface area contributed by atoms with Gasteiger partial charge in [-0.25, -0.2) is 8.42 Å². The number of rotatable bonds is 4. The largest absolute Gasteiger partial charge is 0.399 e. The van der Waals surface area contributed by atoms with E-state index < -0.39 is 10.0 Å². The van der Waals surface area contributed by atoms with Crippen molar-refractivity contribution in [1.82, 2.24) is 9.78 Å². The second-order valence-corrected chi connectivity index (χ2v) is 7.10. The highest BCUT2D eigenvalue weighted by atomic mass is 79.9. The van der Waals surface area contributed by atoms with E-state index in [1.54, 1.807) is 16.9 Å². The summed E-state index contributed by atoms with van der Waals surface area (Å²) in [6.07, 6.45) is 3.12. The first-order valence-corrected chi connectivity index (χ1v) is 8.19. The minimum atomic E-state index is -3.68. The average molecular weight is 359 g/mol. The Morgan fingerprint density at radius 1 is 1.40 bits per heavy atom. The van der Waals surface area contributed by atoms with Crippen molar-refractivity contribution < 1.29 is 8.42 Å². The summed E-state index contributed by atoms with van der Waals surface area (Å²) in [5.41, 5.74) is 6.51. The third-order valence-electron chi connectivity index (χ3n) is 2.63. The number of aromatic nitrogens is 2. The highest BCUT2D eigenvalue weighted by molar-refractivity contribution is 9.10. The number of nitrogens with two attached hydrogens (primary N) is 1. The van der Waals surface area contributed by atoms with Crippen LogP contribution in [-0.2, 0) is 10.0 Å². The standard InChI is InChI=1S/C12H15BrN4O2S/c1-8(2)17-7-10(6-15-17)16-20(18,19)12-4-3-9(14)5-11(12)13/h3-8,16H,14H2,1-2H3. The van der Waals surface area contributed by atoms with Crippen LogP contribution in [0.4, 0.5) is 11.4 Å². The lowest BCUT2D eigenvalue weighted by atomic mass is 10.3. The Balaban J connectivity index is 2.30. The van der Waals surface area contributed by atoms with Gasteiger partial charge in [-0.1, -0.05) is 0 Å². The Kier molecular flexibility index (Phi) is 4.05. The first kappa shape index (κ1) is 14.9. The zero-order chi connectivity index (χ0) is 14.9. The molecular weight excluding hydrogens is 344 g/mol. The van der Waals surface area contributed by atoms with Crippen LogP contribution in [0.1, 0.15) is 19.9 Å². The van der Waals surface area contributed by atoms with E-state index in [1.165, 1.54) is 18.3 Å². The maximum Gasteiger partial charge on any atom is 0.263 e. The zero-order valence-electron chi connectivity index (χ0n) is 11.0. The molecule has 0 radical (unpaired) electrons. The van der Waals surface area contributed by atoms with Crippen molar-refractivity contribution in [2.45, 2.75) is 24.8 Å². The predicted octanol–water partition coefficient (Wildman–Crippen LogP) is 2.61. The van der Waals surface area contributed by atoms with Crippen molar-refractivity contribution in [2.24, 2.45) is 0 Å². The fraction of sp³-hybridized carbons (Fsp3) is 0.250. The lowest BCUT2D eigenvalue weighted by Gasteiger charge is -2.08. The number of nitrogen functional groups attached to an aromatic ring is 1. The van der Waals surface area contributed by atoms with Crippen molar-refractivity contribution in [2.75, 3.05) is 10.5 Å². The number of nitrogens with one attached hydrogen (secondary N) is 1. The van der Waals surface area contributed by atoms with Crippen LogP contribution in [0, 0.1) is 0 Å². The van der Waals surface area contributed by atoms with Crippen molar-refractivity contribution in [1.29, 1.82) is 0 Å². The van der Waals surface area contributed by atoms with Gasteiger partial charge in [0.15, 0.2) is 0 Å². The number of hydrogen-bond acceptors (Lipinski definition) is 4. The first-order chi connectivity index (χ1) is 9.29. The van der Waals surface area contributed by atoms with Crippen molar-refractivity contribution in [3.8, 4) is 0 Å². The van der Waals surface area contributed by atoms with Gasteiger partial charge < -0.3 is 5.73 Å². The average Bonchev–Trinajstić information content (AvgIpc) is 2.76. The normalized spacial score (nSPS) is 11.8. The fourth-order valence-electron chi connectivity index (χ4n) is 1.62. The van der Waals surface area contributed by atoms with Crippen molar-refractivity contribution in [3.05, 3.63) is 35.1 Å². The quantitative estimate of drug-likeness (QED) is 0.821. The van der Waals surface area contributed by atoms with Gasteiger partial charge in [-0.15, -0.1) is 0 Å². The molecule has 0 atom stereocenters. The smallest absolute Gasteiger partial charge is 0.263 e. The zero-order valence-corrected chi connectivity index (χ0v) is 13.4. The SMILES string of the molecule is CC(C)n1cc(NS(=O)(=O)c2ccc(N)cc2Br)cn1. The van der Waals surface area contributed by atoms with Crippen molar-refractivity contribution in [3.63, 3.8) is 0 Å². The number of nitrogens with zero attached hydrogens (tertiary/aromatic N) is 2. The molecule has 0 aliphatic rings. The minimum absolute atomic E-state index is 0.129. The van der Waals surface area contributed by atoms with Crippen LogP contribution in [0.15, 0.2) is 40.0 Å². The molecular formula is C12H15BrN4O2S. The maximum atomic E-state index is 12.3. The molecule has 1 heterocycles. The summed E-state index contributed by atoms with van der Waals surface area (Å²) in [4.78, 5) is 0.129.